The lowest BCUT2D eigenvalue weighted by atomic mass is 9.82. The molecule has 0 unspecified atom stereocenters. The monoisotopic (exact) mass is 973 g/mol. The van der Waals surface area contributed by atoms with Crippen LogP contribution >= 0.6 is 0 Å². The number of rotatable bonds is 21. The smallest absolute Gasteiger partial charge is 0.390 e. The van der Waals surface area contributed by atoms with Gasteiger partial charge in [0.25, 0.3) is 5.91 Å². The van der Waals surface area contributed by atoms with Crippen molar-refractivity contribution in [2.24, 2.45) is 10.8 Å². The van der Waals surface area contributed by atoms with Crippen molar-refractivity contribution < 1.29 is 77.0 Å². The molecular formula is C41H47F12N9O5. The Morgan fingerprint density at radius 1 is 0.806 bits per heavy atom. The molecule has 0 saturated heterocycles. The second kappa shape index (κ2) is 22.1. The van der Waals surface area contributed by atoms with Crippen molar-refractivity contribution in [3.05, 3.63) is 83.3 Å². The van der Waals surface area contributed by atoms with Crippen LogP contribution < -0.4 is 26.7 Å². The quantitative estimate of drug-likeness (QED) is 0.0287. The van der Waals surface area contributed by atoms with Gasteiger partial charge < -0.3 is 31.8 Å². The van der Waals surface area contributed by atoms with Crippen LogP contribution in [0.5, 0.6) is 0 Å². The summed E-state index contributed by atoms with van der Waals surface area (Å²) >= 11 is 0. The van der Waals surface area contributed by atoms with E-state index in [1.54, 1.807) is 0 Å². The first-order chi connectivity index (χ1) is 30.8. The SMILES string of the molecule is CC(=O)N[C@H](C(=O)N[C@@H](Cc1ccc(-c2cnn(C(F)F)c2)cc1)[C@@H](O)CN(Cc1c(F)cc(/C(C=N)=C/NC(F)F)cc1F)NC(=O)[C@@H](NC(C)=O)C(C)(C)C(F)(F)F)C(C)(C)C(F)(F)F. The van der Waals surface area contributed by atoms with Gasteiger partial charge in [0.15, 0.2) is 0 Å². The van der Waals surface area contributed by atoms with Gasteiger partial charge in [0.2, 0.25) is 17.7 Å². The van der Waals surface area contributed by atoms with Gasteiger partial charge in [-0.05, 0) is 62.9 Å². The van der Waals surface area contributed by atoms with Crippen LogP contribution in [-0.2, 0) is 32.1 Å². The van der Waals surface area contributed by atoms with Crippen molar-refractivity contribution >= 4 is 35.4 Å². The molecule has 370 valence electrons. The molecule has 4 amide bonds. The Balaban J connectivity index is 2.20. The number of carbonyl (C=O) groups excluding carboxylic acids is 4. The average molecular weight is 974 g/mol. The van der Waals surface area contributed by atoms with Crippen LogP contribution in [0.1, 0.15) is 64.8 Å². The minimum absolute atomic E-state index is 0.179. The van der Waals surface area contributed by atoms with E-state index in [4.69, 9.17) is 5.41 Å². The van der Waals surface area contributed by atoms with Gasteiger partial charge >= 0.3 is 25.5 Å². The van der Waals surface area contributed by atoms with E-state index in [2.05, 4.69) is 10.4 Å². The Morgan fingerprint density at radius 2 is 1.31 bits per heavy atom. The number of hydrogen-bond donors (Lipinski definition) is 7. The Bertz CT molecular complexity index is 2240. The lowest BCUT2D eigenvalue weighted by Crippen LogP contribution is -2.63. The fraction of sp³-hybridized carbons (Fsp3) is 0.463. The first-order valence-corrected chi connectivity index (χ1v) is 19.7. The third-order valence-corrected chi connectivity index (χ3v) is 10.5. The Morgan fingerprint density at radius 3 is 1.75 bits per heavy atom. The van der Waals surface area contributed by atoms with Gasteiger partial charge in [-0.1, -0.05) is 24.3 Å². The second-order valence-corrected chi connectivity index (χ2v) is 16.3. The molecule has 1 heterocycles. The van der Waals surface area contributed by atoms with Gasteiger partial charge in [0.1, 0.15) is 23.7 Å². The molecule has 3 aromatic rings. The summed E-state index contributed by atoms with van der Waals surface area (Å²) in [4.78, 5) is 51.7. The van der Waals surface area contributed by atoms with Crippen LogP contribution in [0.4, 0.5) is 52.7 Å². The highest BCUT2D eigenvalue weighted by Gasteiger charge is 2.57. The molecule has 3 rings (SSSR count). The van der Waals surface area contributed by atoms with Crippen LogP contribution in [0, 0.1) is 27.9 Å². The molecule has 0 aliphatic carbocycles. The molecule has 26 heteroatoms. The highest BCUT2D eigenvalue weighted by molar-refractivity contribution is 6.08. The van der Waals surface area contributed by atoms with E-state index in [0.717, 1.165) is 26.2 Å². The van der Waals surface area contributed by atoms with E-state index < -0.39 is 132 Å². The molecule has 2 aromatic carbocycles. The van der Waals surface area contributed by atoms with Gasteiger partial charge in [0.05, 0.1) is 29.2 Å². The summed E-state index contributed by atoms with van der Waals surface area (Å²) in [7, 11) is 0. The van der Waals surface area contributed by atoms with Crippen molar-refractivity contribution in [2.45, 2.75) is 104 Å². The van der Waals surface area contributed by atoms with Gasteiger partial charge in [-0.2, -0.15) is 49.0 Å². The molecule has 0 aliphatic heterocycles. The fourth-order valence-corrected chi connectivity index (χ4v) is 6.31. The van der Waals surface area contributed by atoms with Crippen molar-refractivity contribution in [3.8, 4) is 11.1 Å². The number of carbonyl (C=O) groups is 4. The fourth-order valence-electron chi connectivity index (χ4n) is 6.31. The Labute approximate surface area is 375 Å². The van der Waals surface area contributed by atoms with E-state index in [0.29, 0.717) is 67.5 Å². The highest BCUT2D eigenvalue weighted by Crippen LogP contribution is 2.42. The summed E-state index contributed by atoms with van der Waals surface area (Å²) in [5.41, 5.74) is -5.27. The first-order valence-electron chi connectivity index (χ1n) is 19.7. The van der Waals surface area contributed by atoms with Crippen molar-refractivity contribution in [3.63, 3.8) is 0 Å². The maximum Gasteiger partial charge on any atom is 0.396 e. The number of halogens is 12. The van der Waals surface area contributed by atoms with Crippen LogP contribution in [-0.4, -0.2) is 99.4 Å². The van der Waals surface area contributed by atoms with E-state index in [-0.39, 0.29) is 11.1 Å². The summed E-state index contributed by atoms with van der Waals surface area (Å²) in [6.07, 6.45) is -9.90. The number of amides is 4. The molecule has 4 atom stereocenters. The van der Waals surface area contributed by atoms with E-state index in [9.17, 15) is 68.2 Å². The highest BCUT2D eigenvalue weighted by atomic mass is 19.4. The molecule has 67 heavy (non-hydrogen) atoms. The number of alkyl halides is 10. The average Bonchev–Trinajstić information content (AvgIpc) is 3.70. The van der Waals surface area contributed by atoms with E-state index in [1.165, 1.54) is 29.6 Å². The normalized spacial score (nSPS) is 14.6. The van der Waals surface area contributed by atoms with Crippen LogP contribution in [0.15, 0.2) is 55.0 Å². The minimum Gasteiger partial charge on any atom is -0.390 e. The number of aromatic nitrogens is 2. The zero-order valence-corrected chi connectivity index (χ0v) is 36.3. The number of hydrogen-bond acceptors (Lipinski definition) is 9. The maximum absolute atomic E-state index is 15.8. The van der Waals surface area contributed by atoms with Crippen molar-refractivity contribution in [1.29, 1.82) is 5.41 Å². The van der Waals surface area contributed by atoms with Crippen LogP contribution in [0.25, 0.3) is 16.7 Å². The standard InChI is InChI=1S/C41H47F12N9O5/c1-20(63)57-32(38(3,4)40(48,49)50)34(66)59-30(11-22-7-9-23(10-8-22)26-16-56-62(17-26)37(46)47)31(65)19-61(60-35(67)33(58-21(2)64)39(5,6)41(51,52)53)18-27-28(42)12-24(13-29(27)43)25(14-54)15-55-36(44)45/h7-10,12-17,30-33,36-37,54-55,65H,11,18-19H2,1-6H3,(H,57,63)(H,58,64)(H,59,66)(H,60,67)/b25-15+,54-14?/t30-,31-,32+,33+/m0/s1. The molecule has 0 saturated carbocycles. The van der Waals surface area contributed by atoms with Gasteiger partial charge in [0, 0.05) is 62.2 Å². The summed E-state index contributed by atoms with van der Waals surface area (Å²) < 4.78 is 170. The number of allylic oxidation sites excluding steroid dienone is 1. The molecule has 7 N–H and O–H groups in total. The molecule has 0 radical (unpaired) electrons. The summed E-state index contributed by atoms with van der Waals surface area (Å²) in [6.45, 7) is -4.61. The number of benzene rings is 2. The topological polar surface area (TPSA) is 194 Å². The van der Waals surface area contributed by atoms with E-state index in [1.807, 2.05) is 16.1 Å². The zero-order valence-electron chi connectivity index (χ0n) is 36.3. The van der Waals surface area contributed by atoms with Gasteiger partial charge in [-0.25, -0.2) is 18.5 Å². The number of nitrogens with zero attached hydrogens (tertiary/aromatic N) is 3. The molecule has 0 bridgehead atoms. The zero-order chi connectivity index (χ0) is 51.0. The molecule has 0 aliphatic rings. The molecular weight excluding hydrogens is 926 g/mol. The van der Waals surface area contributed by atoms with Crippen LogP contribution in [0.3, 0.4) is 0 Å². The summed E-state index contributed by atoms with van der Waals surface area (Å²) in [5, 5.41) is 30.8. The lowest BCUT2D eigenvalue weighted by Gasteiger charge is -2.38. The molecule has 14 nitrogen and oxygen atoms in total. The van der Waals surface area contributed by atoms with Gasteiger partial charge in [-0.15, -0.1) is 0 Å². The maximum atomic E-state index is 15.8. The number of aliphatic hydroxyl groups is 1. The van der Waals surface area contributed by atoms with E-state index >= 15 is 8.78 Å². The summed E-state index contributed by atoms with van der Waals surface area (Å²) in [6, 6.07) is -0.0463. The number of nitrogens with one attached hydrogen (secondary N) is 6. The predicted molar refractivity (Wildman–Crippen MR) is 216 cm³/mol. The molecule has 1 aromatic heterocycles. The second-order valence-electron chi connectivity index (χ2n) is 16.3. The minimum atomic E-state index is -5.20. The van der Waals surface area contributed by atoms with Crippen molar-refractivity contribution in [2.75, 3.05) is 6.54 Å². The summed E-state index contributed by atoms with van der Waals surface area (Å²) in [5.74, 6) is -8.40. The first kappa shape index (κ1) is 55.1. The van der Waals surface area contributed by atoms with Gasteiger partial charge in [-0.3, -0.25) is 24.6 Å². The Hall–Kier alpha value is -6.18. The third kappa shape index (κ3) is 14.4. The number of hydrazine groups is 1. The molecule has 0 fully saturated rings. The molecule has 0 spiro atoms. The van der Waals surface area contributed by atoms with Crippen molar-refractivity contribution in [1.82, 2.24) is 41.5 Å². The third-order valence-electron chi connectivity index (χ3n) is 10.5. The van der Waals surface area contributed by atoms with Crippen LogP contribution in [0.2, 0.25) is 0 Å². The predicted octanol–water partition coefficient (Wildman–Crippen LogP) is 6.13. The number of aliphatic hydroxyl groups excluding tert-OH is 1. The lowest BCUT2D eigenvalue weighted by molar-refractivity contribution is -0.222. The Kier molecular flexibility index (Phi) is 18.2. The largest absolute Gasteiger partial charge is 0.396 e.